The van der Waals surface area contributed by atoms with Gasteiger partial charge in [-0.1, -0.05) is 0 Å². The monoisotopic (exact) mass is 617 g/mol. The molecule has 6 N–H and O–H groups in total. The largest absolute Gasteiger partial charge is 0.768 e. The van der Waals surface area contributed by atoms with Crippen molar-refractivity contribution in [3.05, 3.63) is 45.9 Å². The Morgan fingerprint density at radius 3 is 1.47 bits per heavy atom. The smallest absolute Gasteiger partial charge is 0.319 e. The fraction of sp³-hybridized carbons (Fsp3) is 0.250. The van der Waals surface area contributed by atoms with E-state index < -0.39 is 28.1 Å². The molecule has 180 valence electrons. The Bertz CT molecular complexity index is 838. The maximum Gasteiger partial charge on any atom is 0.319 e. The molecule has 2 aromatic heterocycles. The third-order valence-corrected chi connectivity index (χ3v) is 4.50. The average Bonchev–Trinajstić information content (AvgIpc) is 2.75. The number of amides is 1. The van der Waals surface area contributed by atoms with Gasteiger partial charge >= 0.3 is 5.97 Å². The molecule has 0 saturated heterocycles. The van der Waals surface area contributed by atoms with Gasteiger partial charge in [-0.05, 0) is 73.1 Å². The van der Waals surface area contributed by atoms with E-state index in [1.54, 1.807) is 6.92 Å². The normalized spacial score (nSPS) is 11.1. The van der Waals surface area contributed by atoms with E-state index in [4.69, 9.17) is 11.5 Å². The summed E-state index contributed by atoms with van der Waals surface area (Å²) in [5.41, 5.74) is 14.1. The Hall–Kier alpha value is -1.66. The number of nitrogens with zero attached hydrogens (tertiary/aromatic N) is 2. The molecular formula is C16H21Br2N5O7S2-2. The second-order valence-corrected chi connectivity index (χ2v) is 8.54. The fourth-order valence-corrected chi connectivity index (χ4v) is 2.96. The summed E-state index contributed by atoms with van der Waals surface area (Å²) in [6.45, 7) is 2.08. The quantitative estimate of drug-likeness (QED) is 0.300. The molecular weight excluding hydrogens is 598 g/mol. The van der Waals surface area contributed by atoms with Crippen molar-refractivity contribution in [1.82, 2.24) is 9.97 Å². The standard InChI is InChI=1S/2C5H4BrNO2S.C4H9NO2.C2H6N2O/c2*6-4-1-5(10(8)9)3-7-2-4;1-2-7-4(6)3-5;3-1-2(4)5/h2*1-3H,(H,8,9);2-3,5H2,1H3;1,3H2,(H2,4,5)/p-2. The van der Waals surface area contributed by atoms with Crippen LogP contribution in [0.25, 0.3) is 0 Å². The third-order valence-electron chi connectivity index (χ3n) is 2.42. The average molecular weight is 619 g/mol. The Morgan fingerprint density at radius 2 is 1.31 bits per heavy atom. The Kier molecular flexibility index (Phi) is 20.3. The predicted molar refractivity (Wildman–Crippen MR) is 122 cm³/mol. The summed E-state index contributed by atoms with van der Waals surface area (Å²) >= 11 is 1.83. The summed E-state index contributed by atoms with van der Waals surface area (Å²) in [5, 5.41) is 0. The van der Waals surface area contributed by atoms with Gasteiger partial charge < -0.3 is 31.0 Å². The summed E-state index contributed by atoms with van der Waals surface area (Å²) in [6, 6.07) is 2.96. The molecule has 0 spiro atoms. The minimum Gasteiger partial charge on any atom is -0.768 e. The van der Waals surface area contributed by atoms with Crippen molar-refractivity contribution in [2.45, 2.75) is 16.7 Å². The summed E-state index contributed by atoms with van der Waals surface area (Å²) in [5.74, 6) is -0.812. The molecule has 16 heteroatoms. The van der Waals surface area contributed by atoms with E-state index in [1.165, 1.54) is 36.9 Å². The zero-order chi connectivity index (χ0) is 25.1. The van der Waals surface area contributed by atoms with Crippen molar-refractivity contribution in [2.75, 3.05) is 19.7 Å². The minimum atomic E-state index is -2.18. The van der Waals surface area contributed by atoms with Crippen molar-refractivity contribution in [3.8, 4) is 0 Å². The van der Waals surface area contributed by atoms with Crippen molar-refractivity contribution in [3.63, 3.8) is 0 Å². The number of carbonyl (C=O) groups is 2. The number of rotatable bonds is 5. The number of hydrogen-bond acceptors (Lipinski definition) is 11. The van der Waals surface area contributed by atoms with E-state index in [9.17, 15) is 27.1 Å². The summed E-state index contributed by atoms with van der Waals surface area (Å²) in [6.07, 6.45) is 5.62. The van der Waals surface area contributed by atoms with Crippen LogP contribution < -0.4 is 17.2 Å². The van der Waals surface area contributed by atoms with E-state index in [0.717, 1.165) is 0 Å². The molecule has 0 fully saturated rings. The number of esters is 1. The number of ether oxygens (including phenoxy) is 1. The van der Waals surface area contributed by atoms with Gasteiger partial charge in [-0.15, -0.1) is 0 Å². The van der Waals surface area contributed by atoms with Crippen LogP contribution in [0.5, 0.6) is 0 Å². The molecule has 1 amide bonds. The van der Waals surface area contributed by atoms with Gasteiger partial charge in [-0.3, -0.25) is 28.0 Å². The lowest BCUT2D eigenvalue weighted by Gasteiger charge is -2.02. The van der Waals surface area contributed by atoms with Gasteiger partial charge in [-0.2, -0.15) is 0 Å². The van der Waals surface area contributed by atoms with Crippen LogP contribution in [0.4, 0.5) is 0 Å². The first-order chi connectivity index (χ1) is 15.0. The molecule has 32 heavy (non-hydrogen) atoms. The van der Waals surface area contributed by atoms with Gasteiger partial charge in [0.15, 0.2) is 0 Å². The van der Waals surface area contributed by atoms with Gasteiger partial charge in [0, 0.05) is 43.5 Å². The number of aromatic nitrogens is 2. The summed E-state index contributed by atoms with van der Waals surface area (Å²) < 4.78 is 46.9. The van der Waals surface area contributed by atoms with E-state index >= 15 is 0 Å². The first-order valence-corrected chi connectivity index (χ1v) is 12.0. The number of carbonyl (C=O) groups excluding carboxylic acids is 2. The predicted octanol–water partition coefficient (Wildman–Crippen LogP) is 0.103. The van der Waals surface area contributed by atoms with Crippen LogP contribution in [0, 0.1) is 0 Å². The lowest BCUT2D eigenvalue weighted by Crippen LogP contribution is -2.21. The zero-order valence-corrected chi connectivity index (χ0v) is 21.4. The highest BCUT2D eigenvalue weighted by molar-refractivity contribution is 9.10. The molecule has 2 rings (SSSR count). The molecule has 2 unspecified atom stereocenters. The zero-order valence-electron chi connectivity index (χ0n) is 16.6. The van der Waals surface area contributed by atoms with Crippen molar-refractivity contribution < 1.29 is 31.8 Å². The van der Waals surface area contributed by atoms with Crippen molar-refractivity contribution in [1.29, 1.82) is 0 Å². The van der Waals surface area contributed by atoms with Crippen molar-refractivity contribution in [2.24, 2.45) is 17.2 Å². The lowest BCUT2D eigenvalue weighted by atomic mass is 10.5. The number of primary amides is 1. The highest BCUT2D eigenvalue weighted by atomic mass is 79.9. The summed E-state index contributed by atoms with van der Waals surface area (Å²) in [4.78, 5) is 27.2. The van der Waals surface area contributed by atoms with Crippen LogP contribution in [0.2, 0.25) is 0 Å². The fourth-order valence-electron chi connectivity index (χ4n) is 1.19. The first-order valence-electron chi connectivity index (χ1n) is 8.22. The maximum absolute atomic E-state index is 10.3. The molecule has 0 aliphatic rings. The SMILES string of the molecule is CCOC(=O)CN.NCC(N)=O.O=S([O-])c1cncc(Br)c1.O=S([O-])c1cncc(Br)c1. The number of halogens is 2. The molecule has 0 saturated carbocycles. The molecule has 2 aromatic rings. The van der Waals surface area contributed by atoms with E-state index in [2.05, 4.69) is 52.3 Å². The molecule has 2 heterocycles. The van der Waals surface area contributed by atoms with Gasteiger partial charge in [-0.25, -0.2) is 0 Å². The Labute approximate surface area is 206 Å². The molecule has 0 radical (unpaired) electrons. The van der Waals surface area contributed by atoms with Crippen LogP contribution >= 0.6 is 31.9 Å². The van der Waals surface area contributed by atoms with Gasteiger partial charge in [0.05, 0.1) is 19.7 Å². The first kappa shape index (κ1) is 32.5. The molecule has 12 nitrogen and oxygen atoms in total. The number of nitrogens with two attached hydrogens (primary N) is 3. The van der Waals surface area contributed by atoms with Gasteiger partial charge in [0.2, 0.25) is 5.91 Å². The second kappa shape index (κ2) is 20.0. The second-order valence-electron chi connectivity index (χ2n) is 4.83. The van der Waals surface area contributed by atoms with Gasteiger partial charge in [0.1, 0.15) is 0 Å². The van der Waals surface area contributed by atoms with E-state index in [0.29, 0.717) is 15.6 Å². The van der Waals surface area contributed by atoms with E-state index in [1.807, 2.05) is 0 Å². The molecule has 0 bridgehead atoms. The van der Waals surface area contributed by atoms with Crippen LogP contribution in [0.15, 0.2) is 55.7 Å². The highest BCUT2D eigenvalue weighted by Crippen LogP contribution is 2.11. The van der Waals surface area contributed by atoms with Crippen LogP contribution in [0.1, 0.15) is 6.92 Å². The molecule has 2 atom stereocenters. The van der Waals surface area contributed by atoms with Crippen LogP contribution in [-0.2, 0) is 36.5 Å². The van der Waals surface area contributed by atoms with Crippen LogP contribution in [0.3, 0.4) is 0 Å². The minimum absolute atomic E-state index is 0.0200. The summed E-state index contributed by atoms with van der Waals surface area (Å²) in [7, 11) is 0. The van der Waals surface area contributed by atoms with Crippen LogP contribution in [-0.4, -0.2) is 59.1 Å². The van der Waals surface area contributed by atoms with Crippen molar-refractivity contribution >= 4 is 65.9 Å². The number of hydrogen-bond donors (Lipinski definition) is 3. The molecule has 0 aliphatic heterocycles. The maximum atomic E-state index is 10.3. The Balaban J connectivity index is 0. The lowest BCUT2D eigenvalue weighted by molar-refractivity contribution is -0.141. The topological polar surface area (TPSA) is 227 Å². The molecule has 0 aromatic carbocycles. The Morgan fingerprint density at radius 1 is 0.938 bits per heavy atom. The van der Waals surface area contributed by atoms with E-state index in [-0.39, 0.29) is 28.8 Å². The van der Waals surface area contributed by atoms with Gasteiger partial charge in [0.25, 0.3) is 0 Å². The highest BCUT2D eigenvalue weighted by Gasteiger charge is 1.93. The third kappa shape index (κ3) is 19.1. The molecule has 0 aliphatic carbocycles. The number of pyridine rings is 2.